The molecule has 0 spiro atoms. The Labute approximate surface area is 152 Å². The van der Waals surface area contributed by atoms with E-state index in [1.165, 1.54) is 11.1 Å². The lowest BCUT2D eigenvalue weighted by atomic mass is 10.0. The summed E-state index contributed by atoms with van der Waals surface area (Å²) >= 11 is 0. The van der Waals surface area contributed by atoms with Crippen LogP contribution in [0.5, 0.6) is 0 Å². The highest BCUT2D eigenvalue weighted by molar-refractivity contribution is 6.06. The Kier molecular flexibility index (Phi) is 4.19. The van der Waals surface area contributed by atoms with Crippen LogP contribution < -0.4 is 5.32 Å². The van der Waals surface area contributed by atoms with E-state index in [0.717, 1.165) is 42.5 Å². The number of rotatable bonds is 2. The van der Waals surface area contributed by atoms with Crippen molar-refractivity contribution in [2.45, 2.75) is 19.4 Å². The SMILES string of the molecule is CN1CCCc2ccc(NC(=O)c3ccc4[nH]cc(C#N)c4c3)cc2C1. The number of aryl methyl sites for hydroxylation is 1. The molecule has 5 nitrogen and oxygen atoms in total. The van der Waals surface area contributed by atoms with E-state index >= 15 is 0 Å². The van der Waals surface area contributed by atoms with Crippen LogP contribution in [-0.4, -0.2) is 29.4 Å². The van der Waals surface area contributed by atoms with E-state index in [4.69, 9.17) is 0 Å². The van der Waals surface area contributed by atoms with Gasteiger partial charge in [-0.15, -0.1) is 0 Å². The number of hydrogen-bond acceptors (Lipinski definition) is 3. The van der Waals surface area contributed by atoms with Crippen molar-refractivity contribution >= 4 is 22.5 Å². The van der Waals surface area contributed by atoms with E-state index in [-0.39, 0.29) is 5.91 Å². The molecular formula is C21H20N4O. The Balaban J connectivity index is 1.59. The monoisotopic (exact) mass is 344 g/mol. The molecular weight excluding hydrogens is 324 g/mol. The molecule has 1 amide bonds. The van der Waals surface area contributed by atoms with Crippen LogP contribution in [0.3, 0.4) is 0 Å². The number of nitrogens with one attached hydrogen (secondary N) is 2. The van der Waals surface area contributed by atoms with Crippen LogP contribution in [0.25, 0.3) is 10.9 Å². The van der Waals surface area contributed by atoms with Gasteiger partial charge in [-0.3, -0.25) is 4.79 Å². The second-order valence-electron chi connectivity index (χ2n) is 6.85. The molecule has 0 saturated heterocycles. The van der Waals surface area contributed by atoms with Gasteiger partial charge < -0.3 is 15.2 Å². The molecule has 2 heterocycles. The quantitative estimate of drug-likeness (QED) is 0.745. The predicted octanol–water partition coefficient (Wildman–Crippen LogP) is 3.67. The molecule has 5 heteroatoms. The van der Waals surface area contributed by atoms with Crippen molar-refractivity contribution < 1.29 is 4.79 Å². The van der Waals surface area contributed by atoms with Gasteiger partial charge in [0.2, 0.25) is 0 Å². The van der Waals surface area contributed by atoms with Gasteiger partial charge in [-0.05, 0) is 67.9 Å². The minimum absolute atomic E-state index is 0.168. The van der Waals surface area contributed by atoms with Crippen LogP contribution >= 0.6 is 0 Å². The van der Waals surface area contributed by atoms with Gasteiger partial charge in [0.1, 0.15) is 6.07 Å². The van der Waals surface area contributed by atoms with Crippen molar-refractivity contribution in [3.8, 4) is 6.07 Å². The second-order valence-corrected chi connectivity index (χ2v) is 6.85. The highest BCUT2D eigenvalue weighted by Crippen LogP contribution is 2.23. The molecule has 0 saturated carbocycles. The first-order chi connectivity index (χ1) is 12.6. The number of aromatic nitrogens is 1. The van der Waals surface area contributed by atoms with E-state index in [2.05, 4.69) is 40.5 Å². The lowest BCUT2D eigenvalue weighted by Crippen LogP contribution is -2.17. The fraction of sp³-hybridized carbons (Fsp3) is 0.238. The van der Waals surface area contributed by atoms with Crippen LogP contribution in [0.2, 0.25) is 0 Å². The molecule has 0 fully saturated rings. The molecule has 4 rings (SSSR count). The van der Waals surface area contributed by atoms with E-state index in [1.54, 1.807) is 18.3 Å². The normalized spacial score (nSPS) is 14.5. The van der Waals surface area contributed by atoms with Crippen molar-refractivity contribution in [3.05, 3.63) is 64.8 Å². The number of carbonyl (C=O) groups is 1. The largest absolute Gasteiger partial charge is 0.360 e. The van der Waals surface area contributed by atoms with Gasteiger partial charge in [0.25, 0.3) is 5.91 Å². The average Bonchev–Trinajstić information content (AvgIpc) is 2.96. The first-order valence-corrected chi connectivity index (χ1v) is 8.77. The number of hydrogen-bond donors (Lipinski definition) is 2. The van der Waals surface area contributed by atoms with Gasteiger partial charge in [-0.25, -0.2) is 0 Å². The molecule has 0 aliphatic carbocycles. The van der Waals surface area contributed by atoms with E-state index in [1.807, 2.05) is 12.1 Å². The fourth-order valence-electron chi connectivity index (χ4n) is 3.56. The number of benzene rings is 2. The third-order valence-corrected chi connectivity index (χ3v) is 4.95. The summed E-state index contributed by atoms with van der Waals surface area (Å²) in [6.45, 7) is 1.99. The molecule has 1 aliphatic rings. The average molecular weight is 344 g/mol. The minimum Gasteiger partial charge on any atom is -0.360 e. The highest BCUT2D eigenvalue weighted by atomic mass is 16.1. The molecule has 3 aromatic rings. The van der Waals surface area contributed by atoms with E-state index in [0.29, 0.717) is 11.1 Å². The molecule has 2 aromatic carbocycles. The molecule has 0 bridgehead atoms. The van der Waals surface area contributed by atoms with Crippen molar-refractivity contribution in [1.82, 2.24) is 9.88 Å². The standard InChI is InChI=1S/C21H20N4O/c1-25-8-2-3-14-4-6-18(9-16(14)13-25)24-21(26)15-5-7-20-19(10-15)17(11-22)12-23-20/h4-7,9-10,12,23H,2-3,8,13H2,1H3,(H,24,26). The number of nitrogens with zero attached hydrogens (tertiary/aromatic N) is 2. The van der Waals surface area contributed by atoms with Crippen molar-refractivity contribution in [3.63, 3.8) is 0 Å². The predicted molar refractivity (Wildman–Crippen MR) is 102 cm³/mol. The topological polar surface area (TPSA) is 71.9 Å². The minimum atomic E-state index is -0.168. The third-order valence-electron chi connectivity index (χ3n) is 4.95. The Hall–Kier alpha value is -3.10. The van der Waals surface area contributed by atoms with Crippen LogP contribution in [0.15, 0.2) is 42.6 Å². The Bertz CT molecular complexity index is 1030. The summed E-state index contributed by atoms with van der Waals surface area (Å²) in [7, 11) is 2.12. The molecule has 1 aromatic heterocycles. The van der Waals surface area contributed by atoms with Crippen molar-refractivity contribution in [2.24, 2.45) is 0 Å². The Morgan fingerprint density at radius 3 is 2.96 bits per heavy atom. The summed E-state index contributed by atoms with van der Waals surface area (Å²) in [6, 6.07) is 13.7. The molecule has 0 radical (unpaired) electrons. The zero-order valence-corrected chi connectivity index (χ0v) is 14.7. The lowest BCUT2D eigenvalue weighted by Gasteiger charge is -2.14. The summed E-state index contributed by atoms with van der Waals surface area (Å²) in [4.78, 5) is 18.0. The van der Waals surface area contributed by atoms with Gasteiger partial charge in [0.15, 0.2) is 0 Å². The second kappa shape index (κ2) is 6.66. The number of amides is 1. The van der Waals surface area contributed by atoms with Gasteiger partial charge in [0.05, 0.1) is 5.56 Å². The van der Waals surface area contributed by atoms with Gasteiger partial charge >= 0.3 is 0 Å². The summed E-state index contributed by atoms with van der Waals surface area (Å²) in [5.74, 6) is -0.168. The summed E-state index contributed by atoms with van der Waals surface area (Å²) < 4.78 is 0. The van der Waals surface area contributed by atoms with E-state index in [9.17, 15) is 10.1 Å². The number of carbonyl (C=O) groups excluding carboxylic acids is 1. The number of anilines is 1. The zero-order chi connectivity index (χ0) is 18.1. The maximum atomic E-state index is 12.7. The summed E-state index contributed by atoms with van der Waals surface area (Å²) in [5.41, 5.74) is 5.38. The van der Waals surface area contributed by atoms with Gasteiger partial charge in [0, 0.05) is 34.9 Å². The first kappa shape index (κ1) is 16.4. The molecule has 0 unspecified atom stereocenters. The Morgan fingerprint density at radius 1 is 1.23 bits per heavy atom. The first-order valence-electron chi connectivity index (χ1n) is 8.77. The number of nitriles is 1. The maximum Gasteiger partial charge on any atom is 0.255 e. The lowest BCUT2D eigenvalue weighted by molar-refractivity contribution is 0.102. The van der Waals surface area contributed by atoms with Crippen molar-refractivity contribution in [1.29, 1.82) is 5.26 Å². The van der Waals surface area contributed by atoms with Gasteiger partial charge in [-0.2, -0.15) is 5.26 Å². The van der Waals surface area contributed by atoms with Crippen LogP contribution in [0.1, 0.15) is 33.5 Å². The van der Waals surface area contributed by atoms with Crippen LogP contribution in [0.4, 0.5) is 5.69 Å². The van der Waals surface area contributed by atoms with Crippen LogP contribution in [-0.2, 0) is 13.0 Å². The maximum absolute atomic E-state index is 12.7. The molecule has 0 atom stereocenters. The Morgan fingerprint density at radius 2 is 2.12 bits per heavy atom. The zero-order valence-electron chi connectivity index (χ0n) is 14.7. The van der Waals surface area contributed by atoms with Crippen molar-refractivity contribution in [2.75, 3.05) is 18.9 Å². The van der Waals surface area contributed by atoms with E-state index < -0.39 is 0 Å². The number of H-pyrrole nitrogens is 1. The molecule has 26 heavy (non-hydrogen) atoms. The molecule has 1 aliphatic heterocycles. The highest BCUT2D eigenvalue weighted by Gasteiger charge is 2.14. The molecule has 130 valence electrons. The molecule has 2 N–H and O–H groups in total. The fourth-order valence-corrected chi connectivity index (χ4v) is 3.56. The third kappa shape index (κ3) is 3.07. The summed E-state index contributed by atoms with van der Waals surface area (Å²) in [5, 5.41) is 12.9. The smallest absolute Gasteiger partial charge is 0.255 e. The van der Waals surface area contributed by atoms with Gasteiger partial charge in [-0.1, -0.05) is 6.07 Å². The van der Waals surface area contributed by atoms with Crippen LogP contribution in [0, 0.1) is 11.3 Å². The summed E-state index contributed by atoms with van der Waals surface area (Å²) in [6.07, 6.45) is 3.90. The number of fused-ring (bicyclic) bond motifs is 2. The number of aromatic amines is 1.